The van der Waals surface area contributed by atoms with Crippen molar-refractivity contribution in [1.82, 2.24) is 4.90 Å². The van der Waals surface area contributed by atoms with E-state index in [1.54, 1.807) is 0 Å². The fourth-order valence-corrected chi connectivity index (χ4v) is 1.93. The van der Waals surface area contributed by atoms with Gasteiger partial charge < -0.3 is 10.6 Å². The monoisotopic (exact) mass is 283 g/mol. The second-order valence-corrected chi connectivity index (χ2v) is 4.54. The maximum absolute atomic E-state index is 13.5. The fraction of sp³-hybridized carbons (Fsp3) is 0.125. The zero-order chi connectivity index (χ0) is 15.2. The highest BCUT2D eigenvalue weighted by atomic mass is 19.1. The minimum absolute atomic E-state index is 0.0126. The number of benzene rings is 2. The van der Waals surface area contributed by atoms with E-state index < -0.39 is 11.7 Å². The molecular formula is C16H14FN3O. The summed E-state index contributed by atoms with van der Waals surface area (Å²) in [6.07, 6.45) is 0. The van der Waals surface area contributed by atoms with Gasteiger partial charge in [-0.3, -0.25) is 4.79 Å². The molecule has 0 aliphatic rings. The van der Waals surface area contributed by atoms with Crippen molar-refractivity contribution < 1.29 is 9.18 Å². The van der Waals surface area contributed by atoms with Crippen LogP contribution in [0.3, 0.4) is 0 Å². The lowest BCUT2D eigenvalue weighted by molar-refractivity contribution is 0.0764. The lowest BCUT2D eigenvalue weighted by atomic mass is 10.1. The van der Waals surface area contributed by atoms with Gasteiger partial charge in [0.1, 0.15) is 12.4 Å². The van der Waals surface area contributed by atoms with Crippen molar-refractivity contribution in [2.75, 3.05) is 12.3 Å². The largest absolute Gasteiger partial charge is 0.396 e. The maximum Gasteiger partial charge on any atom is 0.255 e. The molecule has 21 heavy (non-hydrogen) atoms. The van der Waals surface area contributed by atoms with Gasteiger partial charge in [0.05, 0.1) is 11.8 Å². The van der Waals surface area contributed by atoms with Crippen LogP contribution in [-0.2, 0) is 6.54 Å². The van der Waals surface area contributed by atoms with Crippen LogP contribution in [0.15, 0.2) is 48.5 Å². The zero-order valence-corrected chi connectivity index (χ0v) is 11.3. The van der Waals surface area contributed by atoms with Crippen molar-refractivity contribution in [2.45, 2.75) is 6.54 Å². The van der Waals surface area contributed by atoms with E-state index in [-0.39, 0.29) is 17.8 Å². The first-order valence-corrected chi connectivity index (χ1v) is 6.37. The molecule has 0 bridgehead atoms. The average Bonchev–Trinajstić information content (AvgIpc) is 2.50. The number of halogens is 1. The zero-order valence-electron chi connectivity index (χ0n) is 11.3. The molecule has 2 aromatic rings. The summed E-state index contributed by atoms with van der Waals surface area (Å²) >= 11 is 0. The number of hydrogen-bond acceptors (Lipinski definition) is 3. The van der Waals surface area contributed by atoms with E-state index in [0.29, 0.717) is 6.54 Å². The van der Waals surface area contributed by atoms with E-state index in [2.05, 4.69) is 0 Å². The molecule has 0 spiro atoms. The van der Waals surface area contributed by atoms with Crippen molar-refractivity contribution in [3.05, 3.63) is 65.5 Å². The van der Waals surface area contributed by atoms with E-state index in [1.165, 1.54) is 17.0 Å². The molecule has 0 saturated heterocycles. The Morgan fingerprint density at radius 1 is 1.24 bits per heavy atom. The van der Waals surface area contributed by atoms with Crippen LogP contribution in [0.5, 0.6) is 0 Å². The third kappa shape index (κ3) is 3.57. The molecule has 4 nitrogen and oxygen atoms in total. The molecule has 2 N–H and O–H groups in total. The van der Waals surface area contributed by atoms with Crippen LogP contribution < -0.4 is 5.73 Å². The maximum atomic E-state index is 13.5. The molecule has 2 aromatic carbocycles. The molecular weight excluding hydrogens is 269 g/mol. The number of carbonyl (C=O) groups is 1. The molecule has 2 rings (SSSR count). The van der Waals surface area contributed by atoms with Gasteiger partial charge in [0, 0.05) is 12.1 Å². The molecule has 0 heterocycles. The van der Waals surface area contributed by atoms with Gasteiger partial charge in [0.15, 0.2) is 0 Å². The van der Waals surface area contributed by atoms with Crippen LogP contribution in [-0.4, -0.2) is 17.4 Å². The first-order chi connectivity index (χ1) is 10.1. The van der Waals surface area contributed by atoms with Crippen LogP contribution in [0.4, 0.5) is 10.1 Å². The molecule has 0 atom stereocenters. The third-order valence-electron chi connectivity index (χ3n) is 3.01. The number of carbonyl (C=O) groups excluding carboxylic acids is 1. The lowest BCUT2D eigenvalue weighted by Gasteiger charge is -2.20. The summed E-state index contributed by atoms with van der Waals surface area (Å²) in [5.74, 6) is -1.04. The molecule has 0 aliphatic carbocycles. The summed E-state index contributed by atoms with van der Waals surface area (Å²) in [6.45, 7) is 0.221. The van der Waals surface area contributed by atoms with E-state index in [1.807, 2.05) is 36.4 Å². The highest BCUT2D eigenvalue weighted by Crippen LogP contribution is 2.15. The SMILES string of the molecule is N#CCN(Cc1ccccc1)C(=O)c1ccc(N)c(F)c1. The quantitative estimate of drug-likeness (QED) is 0.692. The molecule has 106 valence electrons. The topological polar surface area (TPSA) is 70.1 Å². The smallest absolute Gasteiger partial charge is 0.255 e. The van der Waals surface area contributed by atoms with Crippen LogP contribution in [0, 0.1) is 17.1 Å². The Morgan fingerprint density at radius 3 is 2.57 bits per heavy atom. The van der Waals surface area contributed by atoms with Gasteiger partial charge >= 0.3 is 0 Å². The van der Waals surface area contributed by atoms with Crippen molar-refractivity contribution >= 4 is 11.6 Å². The summed E-state index contributed by atoms with van der Waals surface area (Å²) in [7, 11) is 0. The van der Waals surface area contributed by atoms with Gasteiger partial charge in [-0.25, -0.2) is 4.39 Å². The highest BCUT2D eigenvalue weighted by Gasteiger charge is 2.17. The summed E-state index contributed by atoms with van der Waals surface area (Å²) in [5.41, 5.74) is 6.46. The van der Waals surface area contributed by atoms with Crippen LogP contribution in [0.25, 0.3) is 0 Å². The standard InChI is InChI=1S/C16H14FN3O/c17-14-10-13(6-7-15(14)19)16(21)20(9-8-18)11-12-4-2-1-3-5-12/h1-7,10H,9,11,19H2. The van der Waals surface area contributed by atoms with E-state index in [4.69, 9.17) is 11.0 Å². The molecule has 0 fully saturated rings. The third-order valence-corrected chi connectivity index (χ3v) is 3.01. The summed E-state index contributed by atoms with van der Waals surface area (Å²) in [6, 6.07) is 15.1. The predicted molar refractivity (Wildman–Crippen MR) is 77.6 cm³/mol. The van der Waals surface area contributed by atoms with Gasteiger partial charge in [0.25, 0.3) is 5.91 Å². The Bertz CT molecular complexity index is 680. The molecule has 0 aromatic heterocycles. The molecule has 0 saturated carbocycles. The van der Waals surface area contributed by atoms with Gasteiger partial charge in [-0.15, -0.1) is 0 Å². The number of anilines is 1. The second kappa shape index (κ2) is 6.53. The number of rotatable bonds is 4. The Balaban J connectivity index is 2.23. The van der Waals surface area contributed by atoms with E-state index in [0.717, 1.165) is 11.6 Å². The predicted octanol–water partition coefficient (Wildman–Crippen LogP) is 2.57. The van der Waals surface area contributed by atoms with Crippen LogP contribution in [0.2, 0.25) is 0 Å². The molecule has 0 radical (unpaired) electrons. The van der Waals surface area contributed by atoms with E-state index >= 15 is 0 Å². The lowest BCUT2D eigenvalue weighted by Crippen LogP contribution is -2.31. The second-order valence-electron chi connectivity index (χ2n) is 4.54. The molecule has 0 unspecified atom stereocenters. The Labute approximate surface area is 122 Å². The van der Waals surface area contributed by atoms with Crippen molar-refractivity contribution in [1.29, 1.82) is 5.26 Å². The normalized spacial score (nSPS) is 9.90. The first kappa shape index (κ1) is 14.5. The minimum atomic E-state index is -0.641. The Hall–Kier alpha value is -2.87. The Morgan fingerprint density at radius 2 is 1.95 bits per heavy atom. The summed E-state index contributed by atoms with van der Waals surface area (Å²) < 4.78 is 13.5. The minimum Gasteiger partial charge on any atom is -0.396 e. The number of nitrogen functional groups attached to an aromatic ring is 1. The molecule has 5 heteroatoms. The fourth-order valence-electron chi connectivity index (χ4n) is 1.93. The van der Waals surface area contributed by atoms with Crippen molar-refractivity contribution in [3.8, 4) is 6.07 Å². The van der Waals surface area contributed by atoms with Gasteiger partial charge in [-0.1, -0.05) is 30.3 Å². The van der Waals surface area contributed by atoms with Gasteiger partial charge in [-0.05, 0) is 23.8 Å². The number of nitrogens with zero attached hydrogens (tertiary/aromatic N) is 2. The Kier molecular flexibility index (Phi) is 4.52. The summed E-state index contributed by atoms with van der Waals surface area (Å²) in [5, 5.41) is 8.87. The van der Waals surface area contributed by atoms with Crippen molar-refractivity contribution in [2.24, 2.45) is 0 Å². The van der Waals surface area contributed by atoms with Gasteiger partial charge in [-0.2, -0.15) is 5.26 Å². The average molecular weight is 283 g/mol. The number of nitrogens with two attached hydrogens (primary N) is 1. The van der Waals surface area contributed by atoms with E-state index in [9.17, 15) is 9.18 Å². The molecule has 0 aliphatic heterocycles. The first-order valence-electron chi connectivity index (χ1n) is 6.37. The highest BCUT2D eigenvalue weighted by molar-refractivity contribution is 5.94. The number of hydrogen-bond donors (Lipinski definition) is 1. The van der Waals surface area contributed by atoms with Gasteiger partial charge in [0.2, 0.25) is 0 Å². The van der Waals surface area contributed by atoms with Crippen LogP contribution in [0.1, 0.15) is 15.9 Å². The number of amides is 1. The number of nitriles is 1. The van der Waals surface area contributed by atoms with Crippen molar-refractivity contribution in [3.63, 3.8) is 0 Å². The summed E-state index contributed by atoms with van der Waals surface area (Å²) in [4.78, 5) is 13.7. The van der Waals surface area contributed by atoms with Crippen LogP contribution >= 0.6 is 0 Å². The molecule has 1 amide bonds.